The Morgan fingerprint density at radius 3 is 2.81 bits per heavy atom. The Balaban J connectivity index is 1.39. The largest absolute Gasteiger partial charge is 0.378 e. The molecule has 0 bridgehead atoms. The number of nitrogens with two attached hydrogens (primary N) is 1. The van der Waals surface area contributed by atoms with Crippen molar-refractivity contribution in [1.29, 1.82) is 0 Å². The van der Waals surface area contributed by atoms with Gasteiger partial charge in [0.2, 0.25) is 11.6 Å². The minimum absolute atomic E-state index is 0.0448. The predicted octanol–water partition coefficient (Wildman–Crippen LogP) is 2.52. The number of nitrogens with zero attached hydrogens (tertiary/aromatic N) is 9. The molecule has 37 heavy (non-hydrogen) atoms. The van der Waals surface area contributed by atoms with Crippen LogP contribution < -0.4 is 11.2 Å². The monoisotopic (exact) mass is 523 g/mol. The molecule has 1 atom stereocenters. The Morgan fingerprint density at radius 1 is 1.27 bits per heavy atom. The van der Waals surface area contributed by atoms with Crippen molar-refractivity contribution >= 4 is 29.5 Å². The second-order valence-corrected chi connectivity index (χ2v) is 9.18. The molecule has 1 amide bonds. The number of piperidine rings is 1. The fraction of sp³-hybridized carbons (Fsp3) is 0.348. The second-order valence-electron chi connectivity index (χ2n) is 8.82. The zero-order chi connectivity index (χ0) is 25.9. The van der Waals surface area contributed by atoms with Gasteiger partial charge in [-0.15, -0.1) is 5.10 Å². The van der Waals surface area contributed by atoms with Crippen molar-refractivity contribution in [2.24, 2.45) is 5.10 Å². The maximum atomic E-state index is 13.1. The molecule has 0 saturated carbocycles. The number of aryl methyl sites for hydroxylation is 1. The topological polar surface area (TPSA) is 158 Å². The van der Waals surface area contributed by atoms with Crippen LogP contribution in [0.15, 0.2) is 40.1 Å². The highest BCUT2D eigenvalue weighted by atomic mass is 35.5. The highest BCUT2D eigenvalue weighted by Gasteiger charge is 2.28. The lowest BCUT2D eigenvalue weighted by Crippen LogP contribution is -2.38. The summed E-state index contributed by atoms with van der Waals surface area (Å²) in [4.78, 5) is 15.4. The molecule has 1 aromatic carbocycles. The van der Waals surface area contributed by atoms with Crippen LogP contribution in [0.2, 0.25) is 5.15 Å². The highest BCUT2D eigenvalue weighted by molar-refractivity contribution is 6.32. The molecule has 3 aromatic heterocycles. The van der Waals surface area contributed by atoms with Crippen LogP contribution in [0.25, 0.3) is 11.5 Å². The summed E-state index contributed by atoms with van der Waals surface area (Å²) < 4.78 is 7.73. The molecule has 5 rings (SSSR count). The number of halogens is 1. The highest BCUT2D eigenvalue weighted by Crippen LogP contribution is 2.24. The summed E-state index contributed by atoms with van der Waals surface area (Å²) in [5.41, 5.74) is 11.1. The summed E-state index contributed by atoms with van der Waals surface area (Å²) in [6.45, 7) is 5.28. The van der Waals surface area contributed by atoms with Gasteiger partial charge in [-0.3, -0.25) is 9.69 Å². The average Bonchev–Trinajstić information content (AvgIpc) is 3.59. The molecule has 0 spiro atoms. The van der Waals surface area contributed by atoms with Crippen LogP contribution in [-0.2, 0) is 6.54 Å². The number of para-hydroxylation sites is 1. The summed E-state index contributed by atoms with van der Waals surface area (Å²) in [7, 11) is 0. The number of anilines is 1. The van der Waals surface area contributed by atoms with Crippen molar-refractivity contribution in [3.8, 4) is 11.5 Å². The SMILES string of the molecule is Cc1nn(-c2ccccc2)c(Cl)c1/C=N\NC(=O)c1nnn(-c2nonc2N)c1CN1CCCCC1C. The number of likely N-dealkylation sites (tertiary alicyclic amines) is 1. The number of hydrazone groups is 1. The average molecular weight is 524 g/mol. The van der Waals surface area contributed by atoms with Gasteiger partial charge in [0.25, 0.3) is 5.91 Å². The van der Waals surface area contributed by atoms with Gasteiger partial charge >= 0.3 is 0 Å². The molecule has 1 fully saturated rings. The molecule has 192 valence electrons. The molecular formula is C23H26ClN11O2. The number of nitrogen functional groups attached to an aromatic ring is 1. The van der Waals surface area contributed by atoms with Gasteiger partial charge in [0, 0.05) is 12.6 Å². The number of rotatable bonds is 7. The van der Waals surface area contributed by atoms with E-state index in [1.807, 2.05) is 37.3 Å². The molecule has 1 saturated heterocycles. The summed E-state index contributed by atoms with van der Waals surface area (Å²) in [6.07, 6.45) is 4.76. The number of carbonyl (C=O) groups is 1. The van der Waals surface area contributed by atoms with Crippen molar-refractivity contribution in [1.82, 2.24) is 45.4 Å². The molecule has 0 radical (unpaired) electrons. The smallest absolute Gasteiger partial charge is 0.293 e. The first kappa shape index (κ1) is 24.6. The molecular weight excluding hydrogens is 498 g/mol. The van der Waals surface area contributed by atoms with E-state index in [4.69, 9.17) is 22.0 Å². The van der Waals surface area contributed by atoms with Crippen LogP contribution in [0.4, 0.5) is 5.82 Å². The second kappa shape index (κ2) is 10.5. The third-order valence-electron chi connectivity index (χ3n) is 6.38. The molecule has 1 unspecified atom stereocenters. The normalized spacial score (nSPS) is 16.5. The summed E-state index contributed by atoms with van der Waals surface area (Å²) in [5, 5.41) is 24.6. The van der Waals surface area contributed by atoms with E-state index in [1.54, 1.807) is 4.68 Å². The van der Waals surface area contributed by atoms with Crippen molar-refractivity contribution in [3.05, 3.63) is 58.1 Å². The van der Waals surface area contributed by atoms with E-state index in [-0.39, 0.29) is 17.3 Å². The van der Waals surface area contributed by atoms with Gasteiger partial charge < -0.3 is 5.73 Å². The van der Waals surface area contributed by atoms with Crippen molar-refractivity contribution < 1.29 is 9.42 Å². The lowest BCUT2D eigenvalue weighted by atomic mass is 10.0. The van der Waals surface area contributed by atoms with Crippen molar-refractivity contribution in [2.45, 2.75) is 45.7 Å². The van der Waals surface area contributed by atoms with E-state index in [0.29, 0.717) is 34.7 Å². The van der Waals surface area contributed by atoms with Crippen molar-refractivity contribution in [2.75, 3.05) is 12.3 Å². The van der Waals surface area contributed by atoms with Crippen LogP contribution in [0, 0.1) is 6.92 Å². The lowest BCUT2D eigenvalue weighted by Gasteiger charge is -2.33. The van der Waals surface area contributed by atoms with Crippen LogP contribution in [0.1, 0.15) is 53.6 Å². The molecule has 1 aliphatic rings. The Morgan fingerprint density at radius 2 is 2.08 bits per heavy atom. The summed E-state index contributed by atoms with van der Waals surface area (Å²) >= 11 is 6.55. The molecule has 0 aliphatic carbocycles. The standard InChI is InChI=1S/C23H26ClN11O2/c1-14-8-6-7-11-33(14)13-18-19(27-32-35(18)22-21(25)30-37-31-22)23(36)28-26-12-17-15(2)29-34(20(17)24)16-9-4-3-5-10-16/h3-5,9-10,12,14H,6-8,11,13H2,1-2H3,(H2,25,30)(H,28,36)/b26-12-. The summed E-state index contributed by atoms with van der Waals surface area (Å²) in [5.74, 6) is -0.324. The lowest BCUT2D eigenvalue weighted by molar-refractivity contribution is 0.0945. The van der Waals surface area contributed by atoms with E-state index >= 15 is 0 Å². The van der Waals surface area contributed by atoms with Gasteiger partial charge in [-0.1, -0.05) is 41.4 Å². The fourth-order valence-corrected chi connectivity index (χ4v) is 4.64. The zero-order valence-corrected chi connectivity index (χ0v) is 21.1. The molecule has 13 nitrogen and oxygen atoms in total. The van der Waals surface area contributed by atoms with Gasteiger partial charge in [0.15, 0.2) is 5.69 Å². The maximum Gasteiger partial charge on any atom is 0.293 e. The summed E-state index contributed by atoms with van der Waals surface area (Å²) in [6, 6.07) is 9.84. The first-order valence-corrected chi connectivity index (χ1v) is 12.2. The minimum atomic E-state index is -0.540. The van der Waals surface area contributed by atoms with Crippen LogP contribution in [0.5, 0.6) is 0 Å². The Hall–Kier alpha value is -4.10. The van der Waals surface area contributed by atoms with E-state index < -0.39 is 5.91 Å². The van der Waals surface area contributed by atoms with Crippen molar-refractivity contribution in [3.63, 3.8) is 0 Å². The molecule has 14 heteroatoms. The predicted molar refractivity (Wildman–Crippen MR) is 136 cm³/mol. The van der Waals surface area contributed by atoms with E-state index in [9.17, 15) is 4.79 Å². The third kappa shape index (κ3) is 4.95. The number of benzene rings is 1. The molecule has 3 N–H and O–H groups in total. The Kier molecular flexibility index (Phi) is 6.97. The molecule has 4 heterocycles. The third-order valence-corrected chi connectivity index (χ3v) is 6.74. The first-order valence-electron chi connectivity index (χ1n) is 11.8. The number of nitrogens with one attached hydrogen (secondary N) is 1. The minimum Gasteiger partial charge on any atom is -0.378 e. The van der Waals surface area contributed by atoms with Gasteiger partial charge in [0.05, 0.1) is 28.9 Å². The molecule has 1 aliphatic heterocycles. The number of hydrogen-bond donors (Lipinski definition) is 2. The molecule has 4 aromatic rings. The zero-order valence-electron chi connectivity index (χ0n) is 20.4. The van der Waals surface area contributed by atoms with E-state index in [0.717, 1.165) is 25.1 Å². The Labute approximate surface area is 217 Å². The van der Waals surface area contributed by atoms with Crippen LogP contribution >= 0.6 is 11.6 Å². The quantitative estimate of drug-likeness (QED) is 0.274. The van der Waals surface area contributed by atoms with Crippen LogP contribution in [-0.4, -0.2) is 64.7 Å². The number of amides is 1. The number of hydrogen-bond acceptors (Lipinski definition) is 10. The van der Waals surface area contributed by atoms with Gasteiger partial charge in [-0.25, -0.2) is 14.7 Å². The maximum absolute atomic E-state index is 13.1. The van der Waals surface area contributed by atoms with Gasteiger partial charge in [0.1, 0.15) is 5.15 Å². The number of aromatic nitrogens is 7. The Bertz CT molecular complexity index is 1430. The van der Waals surface area contributed by atoms with E-state index in [2.05, 4.69) is 48.1 Å². The first-order chi connectivity index (χ1) is 17.9. The van der Waals surface area contributed by atoms with E-state index in [1.165, 1.54) is 17.3 Å². The van der Waals surface area contributed by atoms with Gasteiger partial charge in [-0.05, 0) is 55.7 Å². The van der Waals surface area contributed by atoms with Crippen LogP contribution in [0.3, 0.4) is 0 Å². The number of carbonyl (C=O) groups excluding carboxylic acids is 1. The van der Waals surface area contributed by atoms with Gasteiger partial charge in [-0.2, -0.15) is 14.9 Å². The fourth-order valence-electron chi connectivity index (χ4n) is 4.32.